The Morgan fingerprint density at radius 2 is 1.96 bits per heavy atom. The van der Waals surface area contributed by atoms with Crippen LogP contribution in [-0.2, 0) is 16.0 Å². The van der Waals surface area contributed by atoms with E-state index in [4.69, 9.17) is 5.73 Å². The third kappa shape index (κ3) is 4.06. The first-order chi connectivity index (χ1) is 13.0. The summed E-state index contributed by atoms with van der Waals surface area (Å²) in [5, 5.41) is 4.42. The summed E-state index contributed by atoms with van der Waals surface area (Å²) in [5.41, 5.74) is 5.28. The lowest BCUT2D eigenvalue weighted by Crippen LogP contribution is -2.47. The Morgan fingerprint density at radius 3 is 2.59 bits per heavy atom. The number of hydrogen-bond donors (Lipinski definition) is 2. The van der Waals surface area contributed by atoms with E-state index in [0.29, 0.717) is 5.82 Å². The predicted octanol–water partition coefficient (Wildman–Crippen LogP) is 0.428. The number of carbonyl (C=O) groups is 3. The van der Waals surface area contributed by atoms with Crippen LogP contribution in [-0.4, -0.2) is 43.2 Å². The smallest absolute Gasteiger partial charge is 0.287 e. The van der Waals surface area contributed by atoms with Crippen LogP contribution in [0.15, 0.2) is 42.2 Å². The fourth-order valence-corrected chi connectivity index (χ4v) is 3.26. The van der Waals surface area contributed by atoms with Crippen LogP contribution in [0.2, 0.25) is 0 Å². The van der Waals surface area contributed by atoms with Gasteiger partial charge in [0.2, 0.25) is 11.7 Å². The lowest BCUT2D eigenvalue weighted by Gasteiger charge is -2.16. The number of aromatic nitrogens is 4. The monoisotopic (exact) mass is 384 g/mol. The van der Waals surface area contributed by atoms with E-state index in [2.05, 4.69) is 20.3 Å². The number of primary amides is 1. The zero-order chi connectivity index (χ0) is 19.4. The largest absolute Gasteiger partial charge is 0.363 e. The van der Waals surface area contributed by atoms with Gasteiger partial charge in [-0.15, -0.1) is 11.3 Å². The van der Waals surface area contributed by atoms with Gasteiger partial charge in [-0.1, -0.05) is 6.07 Å². The summed E-state index contributed by atoms with van der Waals surface area (Å²) < 4.78 is 1.46. The molecule has 9 nitrogen and oxygen atoms in total. The Bertz CT molecular complexity index is 968. The number of nitrogens with zero attached hydrogens (tertiary/aromatic N) is 4. The van der Waals surface area contributed by atoms with E-state index < -0.39 is 23.6 Å². The molecular weight excluding hydrogens is 368 g/mol. The lowest BCUT2D eigenvalue weighted by atomic mass is 10.1. The van der Waals surface area contributed by atoms with E-state index in [1.54, 1.807) is 25.4 Å². The summed E-state index contributed by atoms with van der Waals surface area (Å²) in [6.45, 7) is 1.70. The molecule has 0 aliphatic carbocycles. The second kappa shape index (κ2) is 7.87. The molecule has 1 atom stereocenters. The van der Waals surface area contributed by atoms with Crippen LogP contribution in [0.5, 0.6) is 0 Å². The molecule has 3 N–H and O–H groups in total. The minimum Gasteiger partial charge on any atom is -0.363 e. The number of amides is 2. The second-order valence-corrected chi connectivity index (χ2v) is 6.65. The van der Waals surface area contributed by atoms with Crippen molar-refractivity contribution in [1.82, 2.24) is 24.8 Å². The van der Waals surface area contributed by atoms with Crippen LogP contribution in [0.3, 0.4) is 0 Å². The lowest BCUT2D eigenvalue weighted by molar-refractivity contribution is -0.137. The minimum absolute atomic E-state index is 0.146. The summed E-state index contributed by atoms with van der Waals surface area (Å²) >= 11 is 1.41. The zero-order valence-corrected chi connectivity index (χ0v) is 15.1. The van der Waals surface area contributed by atoms with Crippen LogP contribution >= 0.6 is 11.3 Å². The molecule has 3 rings (SSSR count). The molecule has 0 saturated carbocycles. The third-order valence-electron chi connectivity index (χ3n) is 3.77. The normalized spacial score (nSPS) is 11.7. The van der Waals surface area contributed by atoms with E-state index in [9.17, 15) is 14.4 Å². The maximum absolute atomic E-state index is 12.8. The molecule has 0 spiro atoms. The van der Waals surface area contributed by atoms with Crippen molar-refractivity contribution >= 4 is 28.9 Å². The number of ketones is 1. The Kier molecular flexibility index (Phi) is 5.36. The van der Waals surface area contributed by atoms with Crippen LogP contribution in [0.4, 0.5) is 0 Å². The van der Waals surface area contributed by atoms with Gasteiger partial charge in [0.05, 0.1) is 6.20 Å². The fourth-order valence-electron chi connectivity index (χ4n) is 2.51. The highest BCUT2D eigenvalue weighted by Gasteiger charge is 2.28. The molecule has 3 aromatic heterocycles. The van der Waals surface area contributed by atoms with Gasteiger partial charge in [0.1, 0.15) is 17.6 Å². The van der Waals surface area contributed by atoms with Crippen molar-refractivity contribution in [3.63, 3.8) is 0 Å². The molecular formula is C17H16N6O3S. The Hall–Kier alpha value is -3.40. The highest BCUT2D eigenvalue weighted by molar-refractivity contribution is 7.09. The average molecular weight is 384 g/mol. The van der Waals surface area contributed by atoms with Crippen molar-refractivity contribution in [2.45, 2.75) is 19.4 Å². The van der Waals surface area contributed by atoms with Gasteiger partial charge in [-0.05, 0) is 24.4 Å². The molecule has 2 amide bonds. The van der Waals surface area contributed by atoms with Gasteiger partial charge in [-0.25, -0.2) is 15.0 Å². The number of aryl methyl sites for hydroxylation is 1. The highest BCUT2D eigenvalue weighted by Crippen LogP contribution is 2.14. The molecule has 0 saturated heterocycles. The molecule has 0 aliphatic heterocycles. The fraction of sp³-hybridized carbons (Fsp3) is 0.176. The maximum Gasteiger partial charge on any atom is 0.287 e. The van der Waals surface area contributed by atoms with Crippen molar-refractivity contribution in [3.8, 4) is 5.95 Å². The van der Waals surface area contributed by atoms with E-state index >= 15 is 0 Å². The average Bonchev–Trinajstić information content (AvgIpc) is 3.30. The minimum atomic E-state index is -1.10. The SMILES string of the molecule is Cc1ncc(C(=O)NC(Cc2cccs2)C(=O)C(N)=O)n1-c1ncccn1. The van der Waals surface area contributed by atoms with Gasteiger partial charge in [-0.2, -0.15) is 0 Å². The van der Waals surface area contributed by atoms with Crippen molar-refractivity contribution in [3.05, 3.63) is 58.6 Å². The predicted molar refractivity (Wildman–Crippen MR) is 97.4 cm³/mol. The van der Waals surface area contributed by atoms with Gasteiger partial charge in [-0.3, -0.25) is 19.0 Å². The number of hydrogen-bond acceptors (Lipinski definition) is 7. The van der Waals surface area contributed by atoms with E-state index in [1.165, 1.54) is 22.1 Å². The number of Topliss-reactive ketones (excluding diaryl/α,β-unsaturated/α-hetero) is 1. The maximum atomic E-state index is 12.8. The molecule has 1 unspecified atom stereocenters. The first kappa shape index (κ1) is 18.4. The quantitative estimate of drug-likeness (QED) is 0.568. The molecule has 0 aliphatic rings. The molecule has 3 aromatic rings. The number of rotatable bonds is 7. The molecule has 10 heteroatoms. The molecule has 3 heterocycles. The molecule has 0 fully saturated rings. The summed E-state index contributed by atoms with van der Waals surface area (Å²) in [7, 11) is 0. The van der Waals surface area contributed by atoms with Crippen LogP contribution in [0.25, 0.3) is 5.95 Å². The number of imidazole rings is 1. The first-order valence-corrected chi connectivity index (χ1v) is 8.84. The topological polar surface area (TPSA) is 133 Å². The van der Waals surface area contributed by atoms with Gasteiger partial charge >= 0.3 is 0 Å². The zero-order valence-electron chi connectivity index (χ0n) is 14.3. The van der Waals surface area contributed by atoms with Crippen molar-refractivity contribution in [2.24, 2.45) is 5.73 Å². The van der Waals surface area contributed by atoms with Crippen molar-refractivity contribution in [1.29, 1.82) is 0 Å². The van der Waals surface area contributed by atoms with E-state index in [0.717, 1.165) is 4.88 Å². The van der Waals surface area contributed by atoms with Crippen LogP contribution in [0.1, 0.15) is 21.2 Å². The number of nitrogens with two attached hydrogens (primary N) is 1. The van der Waals surface area contributed by atoms with Gasteiger partial charge in [0.25, 0.3) is 11.8 Å². The van der Waals surface area contributed by atoms with Gasteiger partial charge in [0.15, 0.2) is 0 Å². The molecule has 0 aromatic carbocycles. The first-order valence-electron chi connectivity index (χ1n) is 7.96. The number of carbonyl (C=O) groups excluding carboxylic acids is 3. The van der Waals surface area contributed by atoms with Gasteiger partial charge in [0, 0.05) is 23.7 Å². The standard InChI is InChI=1S/C17H16N6O3S/c1-10-21-9-13(23(10)17-19-5-3-6-20-17)16(26)22-12(14(24)15(18)25)8-11-4-2-7-27-11/h2-7,9,12H,8H2,1H3,(H2,18,25)(H,22,26). The summed E-state index contributed by atoms with van der Waals surface area (Å²) in [6, 6.07) is 4.20. The van der Waals surface area contributed by atoms with E-state index in [1.807, 2.05) is 17.5 Å². The number of nitrogens with one attached hydrogen (secondary N) is 1. The third-order valence-corrected chi connectivity index (χ3v) is 4.67. The summed E-state index contributed by atoms with van der Waals surface area (Å²) in [6.07, 6.45) is 4.61. The molecule has 0 radical (unpaired) electrons. The van der Waals surface area contributed by atoms with Crippen molar-refractivity contribution in [2.75, 3.05) is 0 Å². The van der Waals surface area contributed by atoms with Crippen molar-refractivity contribution < 1.29 is 14.4 Å². The molecule has 0 bridgehead atoms. The molecule has 27 heavy (non-hydrogen) atoms. The summed E-state index contributed by atoms with van der Waals surface area (Å²) in [4.78, 5) is 49.5. The van der Waals surface area contributed by atoms with Crippen LogP contribution < -0.4 is 11.1 Å². The highest BCUT2D eigenvalue weighted by atomic mass is 32.1. The van der Waals surface area contributed by atoms with Gasteiger partial charge < -0.3 is 11.1 Å². The van der Waals surface area contributed by atoms with E-state index in [-0.39, 0.29) is 18.1 Å². The van der Waals surface area contributed by atoms with Crippen LogP contribution in [0, 0.1) is 6.92 Å². The number of thiophene rings is 1. The Balaban J connectivity index is 1.88. The summed E-state index contributed by atoms with van der Waals surface area (Å²) in [5.74, 6) is -1.78. The molecule has 138 valence electrons. The Morgan fingerprint density at radius 1 is 1.22 bits per heavy atom. The Labute approximate surface area is 158 Å². The second-order valence-electron chi connectivity index (χ2n) is 5.61.